The fraction of sp³-hybridized carbons (Fsp3) is 0.312. The number of fused-ring (bicyclic) bond motifs is 1. The lowest BCUT2D eigenvalue weighted by atomic mass is 10.0. The maximum atomic E-state index is 13.4. The normalized spacial score (nSPS) is 10.6. The number of carbonyl (C=O) groups excluding carboxylic acids is 1. The molecule has 0 fully saturated rings. The number of rotatable bonds is 5. The third-order valence-electron chi connectivity index (χ3n) is 3.10. The molecule has 0 saturated carbocycles. The first kappa shape index (κ1) is 14.3. The van der Waals surface area contributed by atoms with Gasteiger partial charge in [0, 0.05) is 5.39 Å². The van der Waals surface area contributed by atoms with Crippen molar-refractivity contribution < 1.29 is 18.7 Å². The molecule has 0 aliphatic rings. The van der Waals surface area contributed by atoms with Crippen LogP contribution in [0.15, 0.2) is 30.3 Å². The SMILES string of the molecule is CCCCOC(=O)c1c(OC)ccc2ccc(F)cc12. The van der Waals surface area contributed by atoms with Crippen LogP contribution >= 0.6 is 0 Å². The molecule has 0 saturated heterocycles. The highest BCUT2D eigenvalue weighted by molar-refractivity contribution is 6.07. The predicted molar refractivity (Wildman–Crippen MR) is 75.6 cm³/mol. The van der Waals surface area contributed by atoms with Crippen LogP contribution in [-0.2, 0) is 4.74 Å². The Morgan fingerprint density at radius 2 is 2.00 bits per heavy atom. The fourth-order valence-electron chi connectivity index (χ4n) is 2.03. The molecule has 0 aliphatic carbocycles. The van der Waals surface area contributed by atoms with E-state index in [1.54, 1.807) is 18.2 Å². The minimum Gasteiger partial charge on any atom is -0.496 e. The molecule has 0 aromatic heterocycles. The highest BCUT2D eigenvalue weighted by Crippen LogP contribution is 2.29. The highest BCUT2D eigenvalue weighted by atomic mass is 19.1. The number of benzene rings is 2. The summed E-state index contributed by atoms with van der Waals surface area (Å²) in [5, 5.41) is 1.28. The van der Waals surface area contributed by atoms with Gasteiger partial charge in [-0.2, -0.15) is 0 Å². The van der Waals surface area contributed by atoms with E-state index >= 15 is 0 Å². The molecule has 0 amide bonds. The van der Waals surface area contributed by atoms with Crippen molar-refractivity contribution in [2.45, 2.75) is 19.8 Å². The van der Waals surface area contributed by atoms with Crippen LogP contribution in [-0.4, -0.2) is 19.7 Å². The van der Waals surface area contributed by atoms with E-state index in [-0.39, 0.29) is 5.56 Å². The van der Waals surface area contributed by atoms with Gasteiger partial charge in [-0.15, -0.1) is 0 Å². The number of methoxy groups -OCH3 is 1. The Morgan fingerprint density at radius 1 is 1.25 bits per heavy atom. The lowest BCUT2D eigenvalue weighted by molar-refractivity contribution is 0.0498. The second-order valence-electron chi connectivity index (χ2n) is 4.50. The largest absolute Gasteiger partial charge is 0.496 e. The Bertz CT molecular complexity index is 622. The van der Waals surface area contributed by atoms with Gasteiger partial charge in [-0.25, -0.2) is 9.18 Å². The molecule has 0 aliphatic heterocycles. The molecule has 0 radical (unpaired) electrons. The third-order valence-corrected chi connectivity index (χ3v) is 3.10. The van der Waals surface area contributed by atoms with E-state index in [2.05, 4.69) is 0 Å². The number of unbranched alkanes of at least 4 members (excludes halogenated alkanes) is 1. The van der Waals surface area contributed by atoms with Gasteiger partial charge in [-0.1, -0.05) is 25.5 Å². The molecule has 0 N–H and O–H groups in total. The average Bonchev–Trinajstić information content (AvgIpc) is 2.45. The molecule has 0 bridgehead atoms. The molecule has 0 heterocycles. The second-order valence-corrected chi connectivity index (χ2v) is 4.50. The summed E-state index contributed by atoms with van der Waals surface area (Å²) in [5.41, 5.74) is 0.278. The lowest BCUT2D eigenvalue weighted by Gasteiger charge is -2.11. The number of hydrogen-bond acceptors (Lipinski definition) is 3. The predicted octanol–water partition coefficient (Wildman–Crippen LogP) is 3.94. The molecule has 0 unspecified atom stereocenters. The van der Waals surface area contributed by atoms with Crippen LogP contribution < -0.4 is 4.74 Å². The summed E-state index contributed by atoms with van der Waals surface area (Å²) in [7, 11) is 1.48. The zero-order chi connectivity index (χ0) is 14.5. The Balaban J connectivity index is 2.47. The molecule has 2 aromatic rings. The smallest absolute Gasteiger partial charge is 0.342 e. The monoisotopic (exact) mass is 276 g/mol. The van der Waals surface area contributed by atoms with Gasteiger partial charge < -0.3 is 9.47 Å². The Labute approximate surface area is 117 Å². The van der Waals surface area contributed by atoms with Gasteiger partial charge >= 0.3 is 5.97 Å². The van der Waals surface area contributed by atoms with Crippen LogP contribution in [0, 0.1) is 5.82 Å². The van der Waals surface area contributed by atoms with Crippen molar-refractivity contribution in [3.05, 3.63) is 41.7 Å². The van der Waals surface area contributed by atoms with Crippen molar-refractivity contribution in [2.75, 3.05) is 13.7 Å². The number of carbonyl (C=O) groups is 1. The van der Waals surface area contributed by atoms with Gasteiger partial charge in [-0.05, 0) is 30.0 Å². The number of esters is 1. The number of ether oxygens (including phenoxy) is 2. The third kappa shape index (κ3) is 2.90. The second kappa shape index (κ2) is 6.37. The van der Waals surface area contributed by atoms with Gasteiger partial charge in [0.1, 0.15) is 17.1 Å². The molecule has 0 spiro atoms. The maximum absolute atomic E-state index is 13.4. The van der Waals surface area contributed by atoms with Crippen molar-refractivity contribution in [1.29, 1.82) is 0 Å². The van der Waals surface area contributed by atoms with Crippen LogP contribution in [0.2, 0.25) is 0 Å². The maximum Gasteiger partial charge on any atom is 0.342 e. The van der Waals surface area contributed by atoms with E-state index in [1.165, 1.54) is 19.2 Å². The van der Waals surface area contributed by atoms with Gasteiger partial charge in [0.15, 0.2) is 0 Å². The first-order valence-electron chi connectivity index (χ1n) is 6.60. The summed E-state index contributed by atoms with van der Waals surface area (Å²) < 4.78 is 23.8. The summed E-state index contributed by atoms with van der Waals surface area (Å²) in [5.74, 6) is -0.482. The summed E-state index contributed by atoms with van der Waals surface area (Å²) in [6.45, 7) is 2.37. The summed E-state index contributed by atoms with van der Waals surface area (Å²) in [6, 6.07) is 7.80. The summed E-state index contributed by atoms with van der Waals surface area (Å²) in [6.07, 6.45) is 1.74. The molecular weight excluding hydrogens is 259 g/mol. The van der Waals surface area contributed by atoms with E-state index in [1.807, 2.05) is 6.92 Å². The van der Waals surface area contributed by atoms with Crippen LogP contribution in [0.25, 0.3) is 10.8 Å². The van der Waals surface area contributed by atoms with Gasteiger partial charge in [0.05, 0.1) is 13.7 Å². The highest BCUT2D eigenvalue weighted by Gasteiger charge is 2.18. The molecular formula is C16H17FO3. The number of hydrogen-bond donors (Lipinski definition) is 0. The summed E-state index contributed by atoms with van der Waals surface area (Å²) >= 11 is 0. The van der Waals surface area contributed by atoms with Crippen LogP contribution in [0.4, 0.5) is 4.39 Å². The van der Waals surface area contributed by atoms with Crippen molar-refractivity contribution in [2.24, 2.45) is 0 Å². The van der Waals surface area contributed by atoms with E-state index in [0.29, 0.717) is 17.7 Å². The molecule has 2 aromatic carbocycles. The Hall–Kier alpha value is -2.10. The van der Waals surface area contributed by atoms with Gasteiger partial charge in [0.2, 0.25) is 0 Å². The van der Waals surface area contributed by atoms with Crippen LogP contribution in [0.1, 0.15) is 30.1 Å². The summed E-state index contributed by atoms with van der Waals surface area (Å²) in [4.78, 5) is 12.2. The minimum absolute atomic E-state index is 0.278. The first-order chi connectivity index (χ1) is 9.67. The first-order valence-corrected chi connectivity index (χ1v) is 6.60. The van der Waals surface area contributed by atoms with Crippen molar-refractivity contribution in [1.82, 2.24) is 0 Å². The van der Waals surface area contributed by atoms with E-state index in [0.717, 1.165) is 18.2 Å². The quantitative estimate of drug-likeness (QED) is 0.613. The van der Waals surface area contributed by atoms with E-state index < -0.39 is 11.8 Å². The molecule has 0 atom stereocenters. The molecule has 4 heteroatoms. The van der Waals surface area contributed by atoms with Gasteiger partial charge in [-0.3, -0.25) is 0 Å². The molecule has 106 valence electrons. The molecule has 3 nitrogen and oxygen atoms in total. The zero-order valence-electron chi connectivity index (χ0n) is 11.6. The number of halogens is 1. The lowest BCUT2D eigenvalue weighted by Crippen LogP contribution is -2.09. The Morgan fingerprint density at radius 3 is 2.70 bits per heavy atom. The average molecular weight is 276 g/mol. The van der Waals surface area contributed by atoms with Crippen molar-refractivity contribution in [3.8, 4) is 5.75 Å². The van der Waals surface area contributed by atoms with Crippen molar-refractivity contribution in [3.63, 3.8) is 0 Å². The van der Waals surface area contributed by atoms with Crippen LogP contribution in [0.3, 0.4) is 0 Å². The standard InChI is InChI=1S/C16H17FO3/c1-3-4-9-20-16(18)15-13-10-12(17)7-5-11(13)6-8-14(15)19-2/h5-8,10H,3-4,9H2,1-2H3. The van der Waals surface area contributed by atoms with Crippen molar-refractivity contribution >= 4 is 16.7 Å². The Kier molecular flexibility index (Phi) is 4.56. The van der Waals surface area contributed by atoms with E-state index in [9.17, 15) is 9.18 Å². The van der Waals surface area contributed by atoms with Gasteiger partial charge in [0.25, 0.3) is 0 Å². The molecule has 20 heavy (non-hydrogen) atoms. The minimum atomic E-state index is -0.480. The zero-order valence-corrected chi connectivity index (χ0v) is 11.6. The topological polar surface area (TPSA) is 35.5 Å². The van der Waals surface area contributed by atoms with Crippen LogP contribution in [0.5, 0.6) is 5.75 Å². The molecule has 2 rings (SSSR count). The van der Waals surface area contributed by atoms with E-state index in [4.69, 9.17) is 9.47 Å². The fourth-order valence-corrected chi connectivity index (χ4v) is 2.03.